The van der Waals surface area contributed by atoms with Crippen molar-refractivity contribution < 1.29 is 4.21 Å². The van der Waals surface area contributed by atoms with Gasteiger partial charge in [0.05, 0.1) is 5.25 Å². The molecular weight excluding hydrogens is 242 g/mol. The lowest BCUT2D eigenvalue weighted by Gasteiger charge is -2.48. The highest BCUT2D eigenvalue weighted by Crippen LogP contribution is 2.43. The average molecular weight is 271 g/mol. The van der Waals surface area contributed by atoms with Crippen LogP contribution in [0.25, 0.3) is 0 Å². The highest BCUT2D eigenvalue weighted by molar-refractivity contribution is 7.85. The van der Waals surface area contributed by atoms with E-state index in [2.05, 4.69) is 39.9 Å². The average Bonchev–Trinajstić information content (AvgIpc) is 2.27. The van der Waals surface area contributed by atoms with Crippen LogP contribution in [0.15, 0.2) is 0 Å². The van der Waals surface area contributed by atoms with Gasteiger partial charge in [0.25, 0.3) is 0 Å². The molecule has 1 saturated carbocycles. The molecule has 4 atom stereocenters. The van der Waals surface area contributed by atoms with Crippen LogP contribution in [0.4, 0.5) is 0 Å². The van der Waals surface area contributed by atoms with Crippen molar-refractivity contribution in [2.45, 2.75) is 77.1 Å². The summed E-state index contributed by atoms with van der Waals surface area (Å²) in [6.45, 7) is 11.4. The second-order valence-electron chi connectivity index (χ2n) is 7.55. The molecule has 0 spiro atoms. The topological polar surface area (TPSA) is 29.1 Å². The van der Waals surface area contributed by atoms with E-state index in [4.69, 9.17) is 0 Å². The molecule has 0 aromatic carbocycles. The summed E-state index contributed by atoms with van der Waals surface area (Å²) in [6, 6.07) is 0.485. The van der Waals surface area contributed by atoms with E-state index in [1.807, 2.05) is 0 Å². The third-order valence-corrected chi connectivity index (χ3v) is 7.43. The largest absolute Gasteiger partial charge is 0.307 e. The lowest BCUT2D eigenvalue weighted by atomic mass is 9.68. The first-order valence-corrected chi connectivity index (χ1v) is 8.78. The second kappa shape index (κ2) is 4.90. The zero-order valence-electron chi connectivity index (χ0n) is 12.6. The van der Waals surface area contributed by atoms with Crippen molar-refractivity contribution in [2.75, 3.05) is 5.75 Å². The Kier molecular flexibility index (Phi) is 3.95. The van der Waals surface area contributed by atoms with Crippen LogP contribution >= 0.6 is 0 Å². The molecular formula is C15H29NOS. The Labute approximate surface area is 115 Å². The summed E-state index contributed by atoms with van der Waals surface area (Å²) < 4.78 is 12.5. The van der Waals surface area contributed by atoms with Crippen molar-refractivity contribution in [1.29, 1.82) is 0 Å². The fourth-order valence-electron chi connectivity index (χ4n) is 3.59. The Bertz CT molecular complexity index is 337. The van der Waals surface area contributed by atoms with Gasteiger partial charge in [0, 0.05) is 28.1 Å². The second-order valence-corrected chi connectivity index (χ2v) is 9.21. The van der Waals surface area contributed by atoms with Crippen LogP contribution in [0, 0.1) is 11.3 Å². The molecule has 1 saturated heterocycles. The number of hydrogen-bond acceptors (Lipinski definition) is 2. The summed E-state index contributed by atoms with van der Waals surface area (Å²) in [5.74, 6) is 1.56. The summed E-state index contributed by atoms with van der Waals surface area (Å²) >= 11 is 0. The Hall–Kier alpha value is 0.110. The van der Waals surface area contributed by atoms with Crippen LogP contribution in [0.3, 0.4) is 0 Å². The van der Waals surface area contributed by atoms with Crippen LogP contribution in [-0.2, 0) is 10.8 Å². The quantitative estimate of drug-likeness (QED) is 0.836. The molecule has 1 heterocycles. The fourth-order valence-corrected chi connectivity index (χ4v) is 5.62. The summed E-state index contributed by atoms with van der Waals surface area (Å²) in [4.78, 5) is 0. The van der Waals surface area contributed by atoms with Gasteiger partial charge in [-0.1, -0.05) is 27.2 Å². The Morgan fingerprint density at radius 3 is 2.61 bits per heavy atom. The monoisotopic (exact) mass is 271 g/mol. The molecule has 1 aliphatic carbocycles. The van der Waals surface area contributed by atoms with E-state index in [1.54, 1.807) is 0 Å². The highest BCUT2D eigenvalue weighted by Gasteiger charge is 2.45. The number of nitrogens with one attached hydrogen (secondary N) is 1. The van der Waals surface area contributed by atoms with E-state index in [9.17, 15) is 4.21 Å². The third kappa shape index (κ3) is 2.82. The molecule has 0 aromatic heterocycles. The van der Waals surface area contributed by atoms with Gasteiger partial charge in [-0.05, 0) is 44.4 Å². The van der Waals surface area contributed by atoms with Crippen molar-refractivity contribution in [3.8, 4) is 0 Å². The van der Waals surface area contributed by atoms with Gasteiger partial charge in [-0.25, -0.2) is 0 Å². The molecule has 2 rings (SSSR count). The van der Waals surface area contributed by atoms with Gasteiger partial charge >= 0.3 is 0 Å². The van der Waals surface area contributed by atoms with Crippen molar-refractivity contribution in [3.63, 3.8) is 0 Å². The molecule has 3 heteroatoms. The molecule has 106 valence electrons. The highest BCUT2D eigenvalue weighted by atomic mass is 32.2. The van der Waals surface area contributed by atoms with Crippen LogP contribution in [0.2, 0.25) is 0 Å². The Morgan fingerprint density at radius 1 is 1.33 bits per heavy atom. The Balaban J connectivity index is 2.09. The van der Waals surface area contributed by atoms with Gasteiger partial charge in [0.1, 0.15) is 0 Å². The molecule has 1 aliphatic heterocycles. The number of hydrogen-bond donors (Lipinski definition) is 1. The minimum Gasteiger partial charge on any atom is -0.307 e. The van der Waals surface area contributed by atoms with Crippen molar-refractivity contribution in [2.24, 2.45) is 11.3 Å². The number of rotatable bonds is 2. The zero-order chi connectivity index (χ0) is 13.6. The fraction of sp³-hybridized carbons (Fsp3) is 1.00. The smallest absolute Gasteiger partial charge is 0.0504 e. The zero-order valence-corrected chi connectivity index (χ0v) is 13.4. The van der Waals surface area contributed by atoms with Gasteiger partial charge in [-0.15, -0.1) is 0 Å². The van der Waals surface area contributed by atoms with Crippen molar-refractivity contribution in [1.82, 2.24) is 5.32 Å². The van der Waals surface area contributed by atoms with Gasteiger partial charge in [-0.3, -0.25) is 4.21 Å². The van der Waals surface area contributed by atoms with E-state index in [1.165, 1.54) is 19.3 Å². The van der Waals surface area contributed by atoms with Gasteiger partial charge < -0.3 is 5.32 Å². The van der Waals surface area contributed by atoms with Crippen LogP contribution in [0.5, 0.6) is 0 Å². The normalized spacial score (nSPS) is 40.3. The van der Waals surface area contributed by atoms with E-state index < -0.39 is 10.8 Å². The molecule has 4 unspecified atom stereocenters. The molecule has 0 aromatic rings. The first-order chi connectivity index (χ1) is 8.25. The van der Waals surface area contributed by atoms with Gasteiger partial charge in [0.15, 0.2) is 0 Å². The first-order valence-electron chi connectivity index (χ1n) is 7.40. The Morgan fingerprint density at radius 2 is 2.00 bits per heavy atom. The molecule has 1 N–H and O–H groups in total. The maximum atomic E-state index is 12.5. The maximum absolute atomic E-state index is 12.5. The van der Waals surface area contributed by atoms with Crippen LogP contribution in [-0.4, -0.2) is 26.8 Å². The molecule has 18 heavy (non-hydrogen) atoms. The van der Waals surface area contributed by atoms with Gasteiger partial charge in [0.2, 0.25) is 0 Å². The van der Waals surface area contributed by atoms with Crippen molar-refractivity contribution in [3.05, 3.63) is 0 Å². The maximum Gasteiger partial charge on any atom is 0.0504 e. The van der Waals surface area contributed by atoms with E-state index >= 15 is 0 Å². The molecule has 0 bridgehead atoms. The molecule has 2 nitrogen and oxygen atoms in total. The molecule has 2 fully saturated rings. The van der Waals surface area contributed by atoms with Crippen molar-refractivity contribution >= 4 is 10.8 Å². The summed E-state index contributed by atoms with van der Waals surface area (Å²) in [5, 5.41) is 4.11. The minimum atomic E-state index is -0.646. The SMILES string of the molecule is CCC(C)(C)C1CCC2NC(C)(C)CS(=O)C2C1. The summed E-state index contributed by atoms with van der Waals surface area (Å²) in [6.07, 6.45) is 4.87. The number of fused-ring (bicyclic) bond motifs is 1. The third-order valence-electron chi connectivity index (χ3n) is 5.23. The van der Waals surface area contributed by atoms with Gasteiger partial charge in [-0.2, -0.15) is 0 Å². The lowest BCUT2D eigenvalue weighted by molar-refractivity contribution is 0.129. The first kappa shape index (κ1) is 14.5. The molecule has 2 aliphatic rings. The predicted octanol–water partition coefficient (Wildman–Crippen LogP) is 3.09. The van der Waals surface area contributed by atoms with Crippen LogP contribution in [0.1, 0.15) is 60.3 Å². The lowest BCUT2D eigenvalue weighted by Crippen LogP contribution is -2.62. The standard InChI is InChI=1S/C15H29NOS/c1-6-14(2,3)11-7-8-12-13(9-11)18(17)10-15(4,5)16-12/h11-13,16H,6-10H2,1-5H3. The predicted molar refractivity (Wildman–Crippen MR) is 79.2 cm³/mol. The minimum absolute atomic E-state index is 0.0547. The summed E-state index contributed by atoms with van der Waals surface area (Å²) in [5.41, 5.74) is 0.460. The van der Waals surface area contributed by atoms with Crippen LogP contribution < -0.4 is 5.32 Å². The molecule has 0 radical (unpaired) electrons. The summed E-state index contributed by atoms with van der Waals surface area (Å²) in [7, 11) is -0.646. The molecule has 0 amide bonds. The van der Waals surface area contributed by atoms with E-state index in [-0.39, 0.29) is 5.54 Å². The van der Waals surface area contributed by atoms with E-state index in [0.29, 0.717) is 16.7 Å². The van der Waals surface area contributed by atoms with E-state index in [0.717, 1.165) is 18.1 Å².